The highest BCUT2D eigenvalue weighted by Gasteiger charge is 2.49. The summed E-state index contributed by atoms with van der Waals surface area (Å²) in [6.07, 6.45) is -4.51. The van der Waals surface area contributed by atoms with Crippen LogP contribution in [0.4, 0.5) is 18.9 Å². The van der Waals surface area contributed by atoms with Crippen LogP contribution < -0.4 is 4.74 Å². The minimum Gasteiger partial charge on any atom is -0.483 e. The van der Waals surface area contributed by atoms with Crippen LogP contribution in [-0.4, -0.2) is 16.4 Å². The lowest BCUT2D eigenvalue weighted by atomic mass is 9.68. The summed E-state index contributed by atoms with van der Waals surface area (Å²) < 4.78 is 43.3. The Morgan fingerprint density at radius 3 is 2.48 bits per heavy atom. The van der Waals surface area contributed by atoms with Crippen molar-refractivity contribution in [3.05, 3.63) is 33.9 Å². The first kappa shape index (κ1) is 15.9. The van der Waals surface area contributed by atoms with E-state index in [1.165, 1.54) is 0 Å². The molecule has 1 aliphatic carbocycles. The van der Waals surface area contributed by atoms with Crippen molar-refractivity contribution < 1.29 is 22.8 Å². The van der Waals surface area contributed by atoms with Gasteiger partial charge in [-0.25, -0.2) is 0 Å². The number of hydrogen-bond acceptors (Lipinski definition) is 3. The van der Waals surface area contributed by atoms with Gasteiger partial charge in [0.25, 0.3) is 0 Å². The van der Waals surface area contributed by atoms with Crippen LogP contribution in [0.2, 0.25) is 0 Å². The average Bonchev–Trinajstić information content (AvgIpc) is 2.37. The standard InChI is InChI=1S/C13H13ClF3NO3/c1-12(2)10(14)6-11(12)21-9-4-3-7(13(15,16)17)5-8(9)18(19)20/h3-5,10-11H,6H2,1-2H3. The smallest absolute Gasteiger partial charge is 0.416 e. The number of nitro benzene ring substituents is 1. The summed E-state index contributed by atoms with van der Waals surface area (Å²) in [7, 11) is 0. The number of nitro groups is 1. The van der Waals surface area contributed by atoms with Crippen LogP contribution in [0.5, 0.6) is 5.75 Å². The highest BCUT2D eigenvalue weighted by atomic mass is 35.5. The molecule has 0 aliphatic heterocycles. The second-order valence-corrected chi connectivity index (χ2v) is 6.10. The lowest BCUT2D eigenvalue weighted by molar-refractivity contribution is -0.386. The topological polar surface area (TPSA) is 52.4 Å². The molecule has 0 bridgehead atoms. The maximum Gasteiger partial charge on any atom is 0.416 e. The van der Waals surface area contributed by atoms with Crippen LogP contribution in [0.15, 0.2) is 18.2 Å². The second kappa shape index (κ2) is 5.05. The van der Waals surface area contributed by atoms with Crippen LogP contribution in [0.1, 0.15) is 25.8 Å². The van der Waals surface area contributed by atoms with Gasteiger partial charge in [0, 0.05) is 23.3 Å². The molecule has 0 spiro atoms. The molecule has 2 atom stereocenters. The molecular formula is C13H13ClF3NO3. The Bertz CT molecular complexity index is 574. The molecule has 0 heterocycles. The van der Waals surface area contributed by atoms with Crippen molar-refractivity contribution in [2.45, 2.75) is 37.9 Å². The molecule has 1 aromatic rings. The summed E-state index contributed by atoms with van der Waals surface area (Å²) in [5, 5.41) is 10.8. The van der Waals surface area contributed by atoms with Crippen LogP contribution in [0, 0.1) is 15.5 Å². The maximum atomic E-state index is 12.6. The Kier molecular flexibility index (Phi) is 3.82. The molecule has 4 nitrogen and oxygen atoms in total. The van der Waals surface area contributed by atoms with Crippen LogP contribution in [0.3, 0.4) is 0 Å². The van der Waals surface area contributed by atoms with Gasteiger partial charge in [-0.3, -0.25) is 10.1 Å². The largest absolute Gasteiger partial charge is 0.483 e. The van der Waals surface area contributed by atoms with E-state index in [0.717, 1.165) is 12.1 Å². The first-order valence-electron chi connectivity index (χ1n) is 6.20. The van der Waals surface area contributed by atoms with Crippen molar-refractivity contribution in [1.29, 1.82) is 0 Å². The Hall–Kier alpha value is -1.50. The van der Waals surface area contributed by atoms with E-state index >= 15 is 0 Å². The van der Waals surface area contributed by atoms with Crippen LogP contribution >= 0.6 is 11.6 Å². The summed E-state index contributed by atoms with van der Waals surface area (Å²) in [6.45, 7) is 3.68. The summed E-state index contributed by atoms with van der Waals surface area (Å²) in [5.41, 5.74) is -2.17. The van der Waals surface area contributed by atoms with Crippen molar-refractivity contribution in [1.82, 2.24) is 0 Å². The van der Waals surface area contributed by atoms with Crippen molar-refractivity contribution in [2.24, 2.45) is 5.41 Å². The van der Waals surface area contributed by atoms with Crippen molar-refractivity contribution in [3.8, 4) is 5.75 Å². The van der Waals surface area contributed by atoms with Gasteiger partial charge in [0.15, 0.2) is 5.75 Å². The van der Waals surface area contributed by atoms with Gasteiger partial charge in [0.2, 0.25) is 0 Å². The van der Waals surface area contributed by atoms with E-state index in [1.54, 1.807) is 0 Å². The van der Waals surface area contributed by atoms with E-state index < -0.39 is 27.8 Å². The number of hydrogen-bond donors (Lipinski definition) is 0. The fourth-order valence-corrected chi connectivity index (χ4v) is 2.43. The van der Waals surface area contributed by atoms with Crippen molar-refractivity contribution in [3.63, 3.8) is 0 Å². The number of benzene rings is 1. The zero-order chi connectivity index (χ0) is 16.0. The van der Waals surface area contributed by atoms with Crippen LogP contribution in [0.25, 0.3) is 0 Å². The Balaban J connectivity index is 2.30. The fourth-order valence-electron chi connectivity index (χ4n) is 2.13. The van der Waals surface area contributed by atoms with Gasteiger partial charge in [-0.2, -0.15) is 13.2 Å². The van der Waals surface area contributed by atoms with Gasteiger partial charge in [0.1, 0.15) is 6.10 Å². The Morgan fingerprint density at radius 1 is 1.43 bits per heavy atom. The van der Waals surface area contributed by atoms with Gasteiger partial charge < -0.3 is 4.74 Å². The zero-order valence-corrected chi connectivity index (χ0v) is 12.0. The summed E-state index contributed by atoms with van der Waals surface area (Å²) >= 11 is 6.03. The van der Waals surface area contributed by atoms with Gasteiger partial charge in [-0.15, -0.1) is 11.6 Å². The summed E-state index contributed by atoms with van der Waals surface area (Å²) in [5.74, 6) is -0.172. The van der Waals surface area contributed by atoms with Gasteiger partial charge in [-0.05, 0) is 12.1 Å². The van der Waals surface area contributed by atoms with Gasteiger partial charge in [0.05, 0.1) is 10.5 Å². The normalized spacial score (nSPS) is 24.3. The lowest BCUT2D eigenvalue weighted by Gasteiger charge is -2.48. The average molecular weight is 324 g/mol. The number of ether oxygens (including phenoxy) is 1. The first-order valence-corrected chi connectivity index (χ1v) is 6.63. The predicted octanol–water partition coefficient (Wildman–Crippen LogP) is 4.40. The predicted molar refractivity (Wildman–Crippen MR) is 70.6 cm³/mol. The first-order chi connectivity index (χ1) is 9.53. The molecule has 1 saturated carbocycles. The fraction of sp³-hybridized carbons (Fsp3) is 0.538. The van der Waals surface area contributed by atoms with Crippen LogP contribution in [-0.2, 0) is 6.18 Å². The molecule has 0 N–H and O–H groups in total. The van der Waals surface area contributed by atoms with E-state index in [-0.39, 0.29) is 17.2 Å². The third-order valence-electron chi connectivity index (χ3n) is 3.81. The number of alkyl halides is 4. The highest BCUT2D eigenvalue weighted by molar-refractivity contribution is 6.21. The second-order valence-electron chi connectivity index (χ2n) is 5.57. The molecule has 0 saturated heterocycles. The molecule has 0 radical (unpaired) electrons. The minimum atomic E-state index is -4.64. The third-order valence-corrected chi connectivity index (χ3v) is 4.55. The molecule has 116 valence electrons. The molecule has 2 unspecified atom stereocenters. The molecule has 0 amide bonds. The third kappa shape index (κ3) is 2.92. The monoisotopic (exact) mass is 323 g/mol. The molecule has 1 aromatic carbocycles. The highest BCUT2D eigenvalue weighted by Crippen LogP contribution is 2.47. The Morgan fingerprint density at radius 2 is 2.05 bits per heavy atom. The van der Waals surface area contributed by atoms with E-state index in [0.29, 0.717) is 12.5 Å². The summed E-state index contributed by atoms with van der Waals surface area (Å²) in [4.78, 5) is 10.1. The van der Waals surface area contributed by atoms with Gasteiger partial charge in [-0.1, -0.05) is 13.8 Å². The molecule has 8 heteroatoms. The minimum absolute atomic E-state index is 0.129. The molecule has 21 heavy (non-hydrogen) atoms. The molecular weight excluding hydrogens is 311 g/mol. The Labute approximate surface area is 124 Å². The maximum absolute atomic E-state index is 12.6. The van der Waals surface area contributed by atoms with Crippen molar-refractivity contribution >= 4 is 17.3 Å². The lowest BCUT2D eigenvalue weighted by Crippen LogP contribution is -2.53. The molecule has 1 fully saturated rings. The van der Waals surface area contributed by atoms with Crippen molar-refractivity contribution in [2.75, 3.05) is 0 Å². The quantitative estimate of drug-likeness (QED) is 0.470. The van der Waals surface area contributed by atoms with E-state index in [9.17, 15) is 23.3 Å². The number of rotatable bonds is 3. The molecule has 0 aromatic heterocycles. The number of nitrogens with zero attached hydrogens (tertiary/aromatic N) is 1. The van der Waals surface area contributed by atoms with Gasteiger partial charge >= 0.3 is 11.9 Å². The molecule has 2 rings (SSSR count). The number of halogens is 4. The zero-order valence-electron chi connectivity index (χ0n) is 11.3. The molecule has 1 aliphatic rings. The van der Waals surface area contributed by atoms with E-state index in [4.69, 9.17) is 16.3 Å². The van der Waals surface area contributed by atoms with E-state index in [1.807, 2.05) is 13.8 Å². The van der Waals surface area contributed by atoms with E-state index in [2.05, 4.69) is 0 Å². The SMILES string of the molecule is CC1(C)C(Cl)CC1Oc1ccc(C(F)(F)F)cc1[N+](=O)[O-]. The summed E-state index contributed by atoms with van der Waals surface area (Å²) in [6, 6.07) is 2.24.